The quantitative estimate of drug-likeness (QED) is 0.550. The second-order valence-corrected chi connectivity index (χ2v) is 10.2. The fourth-order valence-electron chi connectivity index (χ4n) is 4.82. The predicted octanol–water partition coefficient (Wildman–Crippen LogP) is 6.18. The highest BCUT2D eigenvalue weighted by Gasteiger charge is 2.44. The third kappa shape index (κ3) is 3.64. The lowest BCUT2D eigenvalue weighted by atomic mass is 9.80. The summed E-state index contributed by atoms with van der Waals surface area (Å²) < 4.78 is 52.5. The van der Waals surface area contributed by atoms with Crippen molar-refractivity contribution in [3.05, 3.63) is 43.8 Å². The smallest absolute Gasteiger partial charge is 0.272 e. The van der Waals surface area contributed by atoms with Crippen molar-refractivity contribution in [2.75, 3.05) is 7.05 Å². The number of alkyl halides is 4. The first kappa shape index (κ1) is 20.3. The molecule has 2 saturated heterocycles. The van der Waals surface area contributed by atoms with E-state index >= 15 is 0 Å². The van der Waals surface area contributed by atoms with Crippen LogP contribution in [0.4, 0.5) is 17.6 Å². The van der Waals surface area contributed by atoms with Gasteiger partial charge in [-0.1, -0.05) is 0 Å². The van der Waals surface area contributed by atoms with Gasteiger partial charge in [-0.15, -0.1) is 22.7 Å². The number of nitrogens with zero attached hydrogens (tertiary/aromatic N) is 1. The van der Waals surface area contributed by atoms with Gasteiger partial charge in [0, 0.05) is 21.8 Å². The van der Waals surface area contributed by atoms with E-state index < -0.39 is 18.5 Å². The Morgan fingerprint density at radius 1 is 0.964 bits per heavy atom. The summed E-state index contributed by atoms with van der Waals surface area (Å²) in [5.41, 5.74) is -1.50. The maximum atomic E-state index is 13.1. The summed E-state index contributed by atoms with van der Waals surface area (Å²) >= 11 is 1.75. The van der Waals surface area contributed by atoms with Crippen molar-refractivity contribution in [3.63, 3.8) is 0 Å². The van der Waals surface area contributed by atoms with Gasteiger partial charge < -0.3 is 10.0 Å². The molecule has 28 heavy (non-hydrogen) atoms. The minimum Gasteiger partial charge on any atom is -0.379 e. The molecule has 0 saturated carbocycles. The lowest BCUT2D eigenvalue weighted by Crippen LogP contribution is -2.42. The second-order valence-electron chi connectivity index (χ2n) is 7.96. The summed E-state index contributed by atoms with van der Waals surface area (Å²) in [5.74, 6) is 0.230. The van der Waals surface area contributed by atoms with Crippen LogP contribution >= 0.6 is 22.7 Å². The molecule has 0 aliphatic carbocycles. The molecule has 2 aliphatic heterocycles. The van der Waals surface area contributed by atoms with Gasteiger partial charge in [0.05, 0.1) is 9.75 Å². The Hall–Kier alpha value is -0.960. The highest BCUT2D eigenvalue weighted by atomic mass is 32.1. The summed E-state index contributed by atoms with van der Waals surface area (Å²) in [6.07, 6.45) is -0.687. The van der Waals surface area contributed by atoms with Gasteiger partial charge in [0.15, 0.2) is 0 Å². The highest BCUT2D eigenvalue weighted by Crippen LogP contribution is 2.48. The van der Waals surface area contributed by atoms with Gasteiger partial charge in [0.25, 0.3) is 12.9 Å². The van der Waals surface area contributed by atoms with E-state index in [2.05, 4.69) is 11.9 Å². The minimum atomic E-state index is -2.61. The molecular weight excluding hydrogens is 410 g/mol. The number of hydrogen-bond acceptors (Lipinski definition) is 4. The lowest BCUT2D eigenvalue weighted by molar-refractivity contribution is 0.0321. The van der Waals surface area contributed by atoms with Gasteiger partial charge >= 0.3 is 0 Å². The summed E-state index contributed by atoms with van der Waals surface area (Å²) in [6.45, 7) is 0. The zero-order valence-electron chi connectivity index (χ0n) is 15.5. The monoisotopic (exact) mass is 433 g/mol. The van der Waals surface area contributed by atoms with Gasteiger partial charge in [-0.3, -0.25) is 0 Å². The van der Waals surface area contributed by atoms with E-state index in [1.165, 1.54) is 24.3 Å². The Bertz CT molecular complexity index is 760. The molecule has 2 atom stereocenters. The molecule has 2 aromatic heterocycles. The molecule has 2 unspecified atom stereocenters. The number of piperidine rings is 1. The van der Waals surface area contributed by atoms with E-state index in [0.29, 0.717) is 28.3 Å². The van der Waals surface area contributed by atoms with Crippen molar-refractivity contribution in [3.8, 4) is 0 Å². The van der Waals surface area contributed by atoms with Crippen LogP contribution in [0.25, 0.3) is 0 Å². The summed E-state index contributed by atoms with van der Waals surface area (Å²) in [6, 6.07) is 6.67. The minimum absolute atomic E-state index is 0.109. The molecular formula is C20H23F4NOS2. The molecule has 2 fully saturated rings. The van der Waals surface area contributed by atoms with Crippen molar-refractivity contribution < 1.29 is 22.7 Å². The van der Waals surface area contributed by atoms with Crippen LogP contribution in [-0.4, -0.2) is 29.1 Å². The summed E-state index contributed by atoms with van der Waals surface area (Å²) in [7, 11) is 2.13. The summed E-state index contributed by atoms with van der Waals surface area (Å²) in [4.78, 5) is 3.01. The average molecular weight is 434 g/mol. The molecule has 0 radical (unpaired) electrons. The standard InChI is InChI=1S/C20H23F4NOS2/c1-25-12-2-3-13(25)9-11(8-12)10-20(26,16-6-4-14(27-16)18(21)22)17-7-5-15(28-17)19(23)24/h4-7,11-13,18-19,26H,2-3,8-10H2,1H3. The van der Waals surface area contributed by atoms with Gasteiger partial charge in [-0.2, -0.15) is 0 Å². The highest BCUT2D eigenvalue weighted by molar-refractivity contribution is 7.13. The maximum absolute atomic E-state index is 13.1. The lowest BCUT2D eigenvalue weighted by Gasteiger charge is -2.39. The number of hydrogen-bond donors (Lipinski definition) is 1. The van der Waals surface area contributed by atoms with E-state index in [9.17, 15) is 22.7 Å². The molecule has 1 N–H and O–H groups in total. The SMILES string of the molecule is CN1C2CCC1CC(CC(O)(c1ccc(C(F)F)s1)c1ccc(C(F)F)s1)C2. The molecule has 0 spiro atoms. The number of thiophene rings is 2. The Labute approximate surface area is 169 Å². The van der Waals surface area contributed by atoms with Crippen molar-refractivity contribution in [2.45, 2.75) is 62.6 Å². The third-order valence-electron chi connectivity index (χ3n) is 6.28. The number of rotatable bonds is 6. The zero-order valence-corrected chi connectivity index (χ0v) is 17.1. The maximum Gasteiger partial charge on any atom is 0.272 e. The predicted molar refractivity (Wildman–Crippen MR) is 103 cm³/mol. The van der Waals surface area contributed by atoms with Crippen LogP contribution in [0.15, 0.2) is 24.3 Å². The molecule has 8 heteroatoms. The fraction of sp³-hybridized carbons (Fsp3) is 0.600. The van der Waals surface area contributed by atoms with E-state index in [1.54, 1.807) is 0 Å². The Balaban J connectivity index is 1.66. The van der Waals surface area contributed by atoms with E-state index in [4.69, 9.17) is 0 Å². The normalized spacial score (nSPS) is 25.9. The van der Waals surface area contributed by atoms with Gasteiger partial charge in [-0.05, 0) is 69.3 Å². The van der Waals surface area contributed by atoms with Gasteiger partial charge in [0.2, 0.25) is 0 Å². The molecule has 4 heterocycles. The first-order chi connectivity index (χ1) is 13.3. The van der Waals surface area contributed by atoms with Gasteiger partial charge in [0.1, 0.15) is 5.60 Å². The topological polar surface area (TPSA) is 23.5 Å². The van der Waals surface area contributed by atoms with Crippen molar-refractivity contribution >= 4 is 22.7 Å². The van der Waals surface area contributed by atoms with Crippen LogP contribution in [-0.2, 0) is 5.60 Å². The molecule has 2 nitrogen and oxygen atoms in total. The summed E-state index contributed by atoms with van der Waals surface area (Å²) in [5, 5.41) is 11.7. The molecule has 4 rings (SSSR count). The molecule has 154 valence electrons. The first-order valence-corrected chi connectivity index (χ1v) is 11.1. The van der Waals surface area contributed by atoms with Crippen LogP contribution in [0.3, 0.4) is 0 Å². The molecule has 0 aromatic carbocycles. The Morgan fingerprint density at radius 3 is 1.82 bits per heavy atom. The van der Waals surface area contributed by atoms with E-state index in [1.807, 2.05) is 0 Å². The van der Waals surface area contributed by atoms with Crippen LogP contribution in [0.1, 0.15) is 64.5 Å². The van der Waals surface area contributed by atoms with Crippen molar-refractivity contribution in [1.82, 2.24) is 4.90 Å². The van der Waals surface area contributed by atoms with E-state index in [-0.39, 0.29) is 15.7 Å². The van der Waals surface area contributed by atoms with E-state index in [0.717, 1.165) is 48.4 Å². The molecule has 0 amide bonds. The van der Waals surface area contributed by atoms with Crippen molar-refractivity contribution in [1.29, 1.82) is 0 Å². The molecule has 2 aromatic rings. The van der Waals surface area contributed by atoms with Crippen LogP contribution in [0, 0.1) is 5.92 Å². The molecule has 2 aliphatic rings. The first-order valence-electron chi connectivity index (χ1n) is 9.49. The zero-order chi connectivity index (χ0) is 20.1. The average Bonchev–Trinajstić information content (AvgIpc) is 3.35. The largest absolute Gasteiger partial charge is 0.379 e. The number of halogens is 4. The van der Waals surface area contributed by atoms with Gasteiger partial charge in [-0.25, -0.2) is 17.6 Å². The Kier molecular flexibility index (Phi) is 5.59. The Morgan fingerprint density at radius 2 is 1.43 bits per heavy atom. The van der Waals surface area contributed by atoms with Crippen LogP contribution in [0.2, 0.25) is 0 Å². The number of aliphatic hydroxyl groups is 1. The fourth-order valence-corrected chi connectivity index (χ4v) is 6.84. The van der Waals surface area contributed by atoms with Crippen LogP contribution in [0.5, 0.6) is 0 Å². The third-order valence-corrected chi connectivity index (χ3v) is 8.77. The van der Waals surface area contributed by atoms with Crippen molar-refractivity contribution in [2.24, 2.45) is 5.92 Å². The van der Waals surface area contributed by atoms with Crippen LogP contribution < -0.4 is 0 Å². The number of fused-ring (bicyclic) bond motifs is 2. The second kappa shape index (κ2) is 7.70. The molecule has 2 bridgehead atoms.